The number of anilines is 2. The van der Waals surface area contributed by atoms with Gasteiger partial charge in [-0.2, -0.15) is 5.10 Å². The van der Waals surface area contributed by atoms with Crippen molar-refractivity contribution in [2.75, 3.05) is 18.4 Å². The number of likely N-dealkylation sites (tertiary alicyclic amines) is 1. The zero-order chi connectivity index (χ0) is 18.0. The van der Waals surface area contributed by atoms with Gasteiger partial charge in [-0.3, -0.25) is 9.67 Å². The van der Waals surface area contributed by atoms with Gasteiger partial charge in [-0.15, -0.1) is 0 Å². The highest BCUT2D eigenvalue weighted by molar-refractivity contribution is 5.94. The first-order chi connectivity index (χ1) is 12.0. The normalized spacial score (nSPS) is 16.3. The second-order valence-electron chi connectivity index (χ2n) is 6.82. The number of pyridine rings is 1. The fourth-order valence-electron chi connectivity index (χ4n) is 3.28. The number of nitrogens with one attached hydrogen (secondary N) is 1. The number of carbonyl (C=O) groups is 1. The summed E-state index contributed by atoms with van der Waals surface area (Å²) >= 11 is 0. The highest BCUT2D eigenvalue weighted by atomic mass is 16.4. The fraction of sp³-hybridized carbons (Fsp3) is 0.500. The van der Waals surface area contributed by atoms with Crippen LogP contribution in [0.1, 0.15) is 48.8 Å². The zero-order valence-corrected chi connectivity index (χ0v) is 14.9. The van der Waals surface area contributed by atoms with Gasteiger partial charge in [0.25, 0.3) is 0 Å². The number of hydrogen-bond donors (Lipinski definition) is 2. The number of hydrogen-bond acceptors (Lipinski definition) is 5. The van der Waals surface area contributed by atoms with Crippen LogP contribution in [0.4, 0.5) is 11.4 Å². The quantitative estimate of drug-likeness (QED) is 0.868. The van der Waals surface area contributed by atoms with E-state index in [2.05, 4.69) is 34.1 Å². The molecule has 0 amide bonds. The Bertz CT molecular complexity index is 748. The number of aromatic carboxylic acids is 1. The molecule has 0 radical (unpaired) electrons. The summed E-state index contributed by atoms with van der Waals surface area (Å²) in [7, 11) is 0. The van der Waals surface area contributed by atoms with E-state index in [4.69, 9.17) is 0 Å². The molecular formula is C18H25N5O2. The molecule has 134 valence electrons. The summed E-state index contributed by atoms with van der Waals surface area (Å²) in [5, 5.41) is 17.1. The predicted octanol–water partition coefficient (Wildman–Crippen LogP) is 3.07. The smallest absolute Gasteiger partial charge is 0.337 e. The molecule has 1 fully saturated rings. The Labute approximate surface area is 147 Å². The SMILES string of the molecule is Cc1nn(C2CCN(C(C)C)CC2)cc1Nc1cnccc1C(=O)O. The molecule has 0 saturated carbocycles. The molecule has 0 atom stereocenters. The molecule has 1 aliphatic rings. The van der Waals surface area contributed by atoms with Gasteiger partial charge < -0.3 is 15.3 Å². The van der Waals surface area contributed by atoms with Crippen LogP contribution in [-0.2, 0) is 0 Å². The number of piperidine rings is 1. The van der Waals surface area contributed by atoms with Crippen molar-refractivity contribution < 1.29 is 9.90 Å². The average Bonchev–Trinajstić information content (AvgIpc) is 2.96. The minimum Gasteiger partial charge on any atom is -0.478 e. The van der Waals surface area contributed by atoms with Crippen LogP contribution in [0.2, 0.25) is 0 Å². The molecule has 0 aromatic carbocycles. The predicted molar refractivity (Wildman–Crippen MR) is 96.4 cm³/mol. The summed E-state index contributed by atoms with van der Waals surface area (Å²) < 4.78 is 2.02. The minimum atomic E-state index is -0.976. The summed E-state index contributed by atoms with van der Waals surface area (Å²) in [6.07, 6.45) is 7.14. The lowest BCUT2D eigenvalue weighted by Crippen LogP contribution is -2.39. The lowest BCUT2D eigenvalue weighted by Gasteiger charge is -2.34. The molecule has 7 heteroatoms. The van der Waals surface area contributed by atoms with E-state index in [0.717, 1.165) is 37.3 Å². The molecule has 0 spiro atoms. The van der Waals surface area contributed by atoms with Crippen LogP contribution >= 0.6 is 0 Å². The van der Waals surface area contributed by atoms with Crippen molar-refractivity contribution in [2.45, 2.75) is 45.7 Å². The number of carboxylic acid groups (broad SMARTS) is 1. The van der Waals surface area contributed by atoms with Crippen LogP contribution < -0.4 is 5.32 Å². The van der Waals surface area contributed by atoms with Crippen LogP contribution in [0, 0.1) is 6.92 Å². The molecule has 0 bridgehead atoms. The summed E-state index contributed by atoms with van der Waals surface area (Å²) in [5.74, 6) is -0.976. The van der Waals surface area contributed by atoms with Gasteiger partial charge in [0.1, 0.15) is 0 Å². The average molecular weight is 343 g/mol. The van der Waals surface area contributed by atoms with Gasteiger partial charge in [0, 0.05) is 31.5 Å². The molecule has 2 aromatic heterocycles. The number of aryl methyl sites for hydroxylation is 1. The van der Waals surface area contributed by atoms with Crippen molar-refractivity contribution >= 4 is 17.3 Å². The first-order valence-electron chi connectivity index (χ1n) is 8.70. The number of nitrogens with zero attached hydrogens (tertiary/aromatic N) is 4. The Hall–Kier alpha value is -2.41. The Morgan fingerprint density at radius 3 is 2.68 bits per heavy atom. The first kappa shape index (κ1) is 17.4. The Kier molecular flexibility index (Phi) is 5.03. The van der Waals surface area contributed by atoms with E-state index in [1.807, 2.05) is 17.8 Å². The maximum atomic E-state index is 11.3. The summed E-state index contributed by atoms with van der Waals surface area (Å²) in [6, 6.07) is 2.46. The molecule has 0 unspecified atom stereocenters. The highest BCUT2D eigenvalue weighted by Crippen LogP contribution is 2.27. The van der Waals surface area contributed by atoms with E-state index in [1.165, 1.54) is 18.5 Å². The maximum Gasteiger partial charge on any atom is 0.337 e. The number of carboxylic acids is 1. The van der Waals surface area contributed by atoms with Crippen molar-refractivity contribution in [3.63, 3.8) is 0 Å². The van der Waals surface area contributed by atoms with Gasteiger partial charge in [0.05, 0.1) is 34.9 Å². The topological polar surface area (TPSA) is 83.3 Å². The van der Waals surface area contributed by atoms with Gasteiger partial charge >= 0.3 is 5.97 Å². The van der Waals surface area contributed by atoms with Gasteiger partial charge in [-0.25, -0.2) is 4.79 Å². The largest absolute Gasteiger partial charge is 0.478 e. The van der Waals surface area contributed by atoms with Crippen molar-refractivity contribution in [1.82, 2.24) is 19.7 Å². The third-order valence-corrected chi connectivity index (χ3v) is 4.84. The second kappa shape index (κ2) is 7.23. The molecule has 2 N–H and O–H groups in total. The van der Waals surface area contributed by atoms with Crippen molar-refractivity contribution in [2.24, 2.45) is 0 Å². The van der Waals surface area contributed by atoms with Crippen LogP contribution in [0.3, 0.4) is 0 Å². The molecule has 1 aliphatic heterocycles. The van der Waals surface area contributed by atoms with E-state index in [0.29, 0.717) is 17.8 Å². The molecule has 3 heterocycles. The van der Waals surface area contributed by atoms with E-state index < -0.39 is 5.97 Å². The van der Waals surface area contributed by atoms with E-state index in [9.17, 15) is 9.90 Å². The summed E-state index contributed by atoms with van der Waals surface area (Å²) in [4.78, 5) is 17.8. The van der Waals surface area contributed by atoms with Gasteiger partial charge in [-0.1, -0.05) is 0 Å². The first-order valence-corrected chi connectivity index (χ1v) is 8.70. The molecule has 25 heavy (non-hydrogen) atoms. The van der Waals surface area contributed by atoms with Crippen LogP contribution in [-0.4, -0.2) is 49.9 Å². The van der Waals surface area contributed by atoms with Crippen molar-refractivity contribution in [3.05, 3.63) is 35.9 Å². The standard InChI is InChI=1S/C18H25N5O2/c1-12(2)22-8-5-14(6-9-22)23-11-17(13(3)21-23)20-16-10-19-7-4-15(16)18(24)25/h4,7,10-12,14,20H,5-6,8-9H2,1-3H3,(H,24,25). The van der Waals surface area contributed by atoms with E-state index in [-0.39, 0.29) is 5.56 Å². The monoisotopic (exact) mass is 343 g/mol. The van der Waals surface area contributed by atoms with Crippen LogP contribution in [0.25, 0.3) is 0 Å². The second-order valence-corrected chi connectivity index (χ2v) is 6.82. The Morgan fingerprint density at radius 2 is 2.04 bits per heavy atom. The molecule has 0 aliphatic carbocycles. The number of aromatic nitrogens is 3. The molecule has 3 rings (SSSR count). The third-order valence-electron chi connectivity index (χ3n) is 4.84. The summed E-state index contributed by atoms with van der Waals surface area (Å²) in [6.45, 7) is 8.55. The highest BCUT2D eigenvalue weighted by Gasteiger charge is 2.23. The van der Waals surface area contributed by atoms with Crippen LogP contribution in [0.5, 0.6) is 0 Å². The minimum absolute atomic E-state index is 0.201. The Morgan fingerprint density at radius 1 is 1.32 bits per heavy atom. The fourth-order valence-corrected chi connectivity index (χ4v) is 3.28. The van der Waals surface area contributed by atoms with E-state index >= 15 is 0 Å². The molecule has 7 nitrogen and oxygen atoms in total. The molecular weight excluding hydrogens is 318 g/mol. The van der Waals surface area contributed by atoms with Crippen molar-refractivity contribution in [3.8, 4) is 0 Å². The van der Waals surface area contributed by atoms with Crippen LogP contribution in [0.15, 0.2) is 24.7 Å². The molecule has 2 aromatic rings. The number of rotatable bonds is 5. The summed E-state index contributed by atoms with van der Waals surface area (Å²) in [5.41, 5.74) is 2.35. The Balaban J connectivity index is 1.75. The third kappa shape index (κ3) is 3.82. The van der Waals surface area contributed by atoms with Gasteiger partial charge in [-0.05, 0) is 39.7 Å². The van der Waals surface area contributed by atoms with Gasteiger partial charge in [0.15, 0.2) is 0 Å². The van der Waals surface area contributed by atoms with Crippen molar-refractivity contribution in [1.29, 1.82) is 0 Å². The maximum absolute atomic E-state index is 11.3. The van der Waals surface area contributed by atoms with Gasteiger partial charge in [0.2, 0.25) is 0 Å². The lowest BCUT2D eigenvalue weighted by atomic mass is 10.0. The van der Waals surface area contributed by atoms with E-state index in [1.54, 1.807) is 0 Å². The molecule has 1 saturated heterocycles. The zero-order valence-electron chi connectivity index (χ0n) is 14.9. The lowest BCUT2D eigenvalue weighted by molar-refractivity contribution is 0.0698.